The number of rotatable bonds is 8. The molecule has 4 aromatic rings. The molecule has 42 heavy (non-hydrogen) atoms. The number of carbonyl (C=O) groups is 2. The number of urea groups is 1. The summed E-state index contributed by atoms with van der Waals surface area (Å²) in [4.78, 5) is 44.7. The molecule has 0 atom stereocenters. The Morgan fingerprint density at radius 3 is 2.64 bits per heavy atom. The van der Waals surface area contributed by atoms with Crippen LogP contribution in [0, 0.1) is 5.82 Å². The van der Waals surface area contributed by atoms with Crippen LogP contribution >= 0.6 is 0 Å². The lowest BCUT2D eigenvalue weighted by atomic mass is 10.0. The van der Waals surface area contributed by atoms with Gasteiger partial charge in [0.2, 0.25) is 5.95 Å². The Hall–Kier alpha value is -4.58. The van der Waals surface area contributed by atoms with Gasteiger partial charge in [-0.05, 0) is 69.6 Å². The van der Waals surface area contributed by atoms with E-state index in [1.807, 2.05) is 38.1 Å². The molecule has 5 rings (SSSR count). The number of nitrogens with zero attached hydrogens (tertiary/aromatic N) is 5. The van der Waals surface area contributed by atoms with Gasteiger partial charge in [0.15, 0.2) is 0 Å². The molecule has 1 aliphatic heterocycles. The lowest BCUT2D eigenvalue weighted by Crippen LogP contribution is -2.45. The molecular formula is C30H35FN8O3. The van der Waals surface area contributed by atoms with Gasteiger partial charge in [-0.1, -0.05) is 6.07 Å². The summed E-state index contributed by atoms with van der Waals surface area (Å²) in [5, 5.41) is 5.34. The summed E-state index contributed by atoms with van der Waals surface area (Å²) in [7, 11) is 2.08. The van der Waals surface area contributed by atoms with E-state index < -0.39 is 11.8 Å². The number of hydrogen-bond donors (Lipinski definition) is 3. The van der Waals surface area contributed by atoms with Gasteiger partial charge in [0, 0.05) is 55.7 Å². The topological polar surface area (TPSA) is 128 Å². The molecule has 1 saturated heterocycles. The third kappa shape index (κ3) is 6.49. The van der Waals surface area contributed by atoms with Crippen LogP contribution in [0.25, 0.3) is 33.4 Å². The number of carbonyl (C=O) groups excluding carboxylic acids is 2. The highest BCUT2D eigenvalue weighted by Gasteiger charge is 2.26. The maximum absolute atomic E-state index is 14.9. The summed E-state index contributed by atoms with van der Waals surface area (Å²) >= 11 is 0. The molecule has 11 nitrogen and oxygen atoms in total. The van der Waals surface area contributed by atoms with Gasteiger partial charge >= 0.3 is 12.1 Å². The fraction of sp³-hybridized carbons (Fsp3) is 0.367. The molecule has 220 valence electrons. The number of hydrogen-bond acceptors (Lipinski definition) is 7. The minimum atomic E-state index is -0.464. The maximum atomic E-state index is 14.9. The van der Waals surface area contributed by atoms with Crippen LogP contribution in [-0.4, -0.2) is 81.2 Å². The fourth-order valence-corrected chi connectivity index (χ4v) is 5.20. The van der Waals surface area contributed by atoms with E-state index in [0.717, 1.165) is 29.7 Å². The zero-order valence-electron chi connectivity index (χ0n) is 24.0. The zero-order chi connectivity index (χ0) is 29.6. The van der Waals surface area contributed by atoms with Crippen LogP contribution in [0.4, 0.5) is 19.9 Å². The number of anilines is 1. The number of benzene rings is 1. The Kier molecular flexibility index (Phi) is 8.91. The third-order valence-corrected chi connectivity index (χ3v) is 7.36. The lowest BCUT2D eigenvalue weighted by molar-refractivity contribution is 0.0791. The highest BCUT2D eigenvalue weighted by atomic mass is 19.1. The average molecular weight is 575 g/mol. The second-order valence-corrected chi connectivity index (χ2v) is 10.2. The number of amides is 3. The molecule has 1 fully saturated rings. The van der Waals surface area contributed by atoms with Crippen molar-refractivity contribution >= 4 is 29.1 Å². The monoisotopic (exact) mass is 574 g/mol. The lowest BCUT2D eigenvalue weighted by Gasteiger charge is -2.36. The number of aromatic nitrogens is 4. The fourth-order valence-electron chi connectivity index (χ4n) is 5.20. The summed E-state index contributed by atoms with van der Waals surface area (Å²) in [6.07, 6.45) is 4.84. The summed E-state index contributed by atoms with van der Waals surface area (Å²) in [6.45, 7) is 6.50. The van der Waals surface area contributed by atoms with Gasteiger partial charge < -0.3 is 19.9 Å². The van der Waals surface area contributed by atoms with Crippen LogP contribution in [0.15, 0.2) is 48.8 Å². The molecular weight excluding hydrogens is 539 g/mol. The van der Waals surface area contributed by atoms with Crippen LogP contribution in [0.3, 0.4) is 0 Å². The van der Waals surface area contributed by atoms with E-state index in [1.54, 1.807) is 11.1 Å². The Balaban J connectivity index is 1.35. The number of fused-ring (bicyclic) bond motifs is 1. The highest BCUT2D eigenvalue weighted by Crippen LogP contribution is 2.34. The van der Waals surface area contributed by atoms with Crippen LogP contribution in [0.1, 0.15) is 32.4 Å². The van der Waals surface area contributed by atoms with E-state index in [4.69, 9.17) is 9.72 Å². The first kappa shape index (κ1) is 28.9. The van der Waals surface area contributed by atoms with Crippen LogP contribution in [0.2, 0.25) is 0 Å². The van der Waals surface area contributed by atoms with Crippen LogP contribution in [0.5, 0.6) is 0 Å². The molecule has 1 aromatic carbocycles. The number of aromatic amines is 1. The number of H-pyrrole nitrogens is 1. The smallest absolute Gasteiger partial charge is 0.409 e. The average Bonchev–Trinajstić information content (AvgIpc) is 3.40. The van der Waals surface area contributed by atoms with Crippen molar-refractivity contribution in [2.24, 2.45) is 0 Å². The van der Waals surface area contributed by atoms with Gasteiger partial charge in [-0.15, -0.1) is 0 Å². The van der Waals surface area contributed by atoms with Crippen LogP contribution in [-0.2, 0) is 11.3 Å². The molecule has 3 amide bonds. The van der Waals surface area contributed by atoms with Gasteiger partial charge in [0.25, 0.3) is 0 Å². The summed E-state index contributed by atoms with van der Waals surface area (Å²) < 4.78 is 20.0. The Morgan fingerprint density at radius 2 is 1.95 bits per heavy atom. The van der Waals surface area contributed by atoms with Crippen molar-refractivity contribution in [2.75, 3.05) is 38.6 Å². The number of nitrogens with one attached hydrogen (secondary N) is 3. The Morgan fingerprint density at radius 1 is 1.14 bits per heavy atom. The predicted octanol–water partition coefficient (Wildman–Crippen LogP) is 5.02. The first-order valence-electron chi connectivity index (χ1n) is 14.1. The number of likely N-dealkylation sites (tertiary alicyclic amines) is 1. The quantitative estimate of drug-likeness (QED) is 0.270. The van der Waals surface area contributed by atoms with Crippen molar-refractivity contribution in [1.82, 2.24) is 35.1 Å². The summed E-state index contributed by atoms with van der Waals surface area (Å²) in [5.74, 6) is -0.219. The number of imidazole rings is 1. The molecule has 0 saturated carbocycles. The molecule has 4 heterocycles. The van der Waals surface area contributed by atoms with Crippen molar-refractivity contribution in [3.63, 3.8) is 0 Å². The number of halogens is 1. The molecule has 1 aliphatic rings. The SMILES string of the molecule is CCNC(=O)Nc1nc2cc(-c3ccc(CN(C)C4CCN(C(=O)OCC)CC4)nc3)cc(-c3ncccc3F)c2[nH]1. The normalized spacial score (nSPS) is 13.9. The minimum Gasteiger partial charge on any atom is -0.450 e. The molecule has 0 unspecified atom stereocenters. The first-order valence-corrected chi connectivity index (χ1v) is 14.1. The van der Waals surface area contributed by atoms with Gasteiger partial charge in [-0.3, -0.25) is 20.2 Å². The van der Waals surface area contributed by atoms with E-state index in [9.17, 15) is 14.0 Å². The number of piperidine rings is 1. The van der Waals surface area contributed by atoms with E-state index in [2.05, 4.69) is 37.5 Å². The van der Waals surface area contributed by atoms with Gasteiger partial charge in [-0.25, -0.2) is 19.0 Å². The van der Waals surface area contributed by atoms with Crippen LogP contribution < -0.4 is 10.6 Å². The molecule has 0 spiro atoms. The minimum absolute atomic E-state index is 0.178. The second-order valence-electron chi connectivity index (χ2n) is 10.2. The first-order chi connectivity index (χ1) is 20.4. The largest absolute Gasteiger partial charge is 0.450 e. The van der Waals surface area contributed by atoms with E-state index in [1.165, 1.54) is 18.3 Å². The maximum Gasteiger partial charge on any atom is 0.409 e. The van der Waals surface area contributed by atoms with Crippen molar-refractivity contribution < 1.29 is 18.7 Å². The van der Waals surface area contributed by atoms with Crippen molar-refractivity contribution in [1.29, 1.82) is 0 Å². The van der Waals surface area contributed by atoms with Gasteiger partial charge in [0.05, 0.1) is 23.3 Å². The second kappa shape index (κ2) is 12.9. The molecule has 0 aliphatic carbocycles. The molecule has 3 N–H and O–H groups in total. The molecule has 0 bridgehead atoms. The highest BCUT2D eigenvalue weighted by molar-refractivity contribution is 5.98. The van der Waals surface area contributed by atoms with E-state index >= 15 is 0 Å². The summed E-state index contributed by atoms with van der Waals surface area (Å²) in [6, 6.07) is 10.5. The van der Waals surface area contributed by atoms with E-state index in [0.29, 0.717) is 55.4 Å². The number of ether oxygens (including phenoxy) is 1. The predicted molar refractivity (Wildman–Crippen MR) is 158 cm³/mol. The molecule has 12 heteroatoms. The standard InChI is InChI=1S/C30H35FN8O3/c1-4-32-29(40)37-28-35-25-16-20(15-23(27(25)36-28)26-24(31)7-6-12-33-26)19-8-9-21(34-17-19)18-38(3)22-10-13-39(14-11-22)30(41)42-5-2/h6-9,12,15-17,22H,4-5,10-11,13-14,18H2,1-3H3,(H3,32,35,36,37,40). The molecule has 0 radical (unpaired) electrons. The molecule has 3 aromatic heterocycles. The van der Waals surface area contributed by atoms with Crippen molar-refractivity contribution in [3.05, 3.63) is 60.3 Å². The Labute approximate surface area is 243 Å². The zero-order valence-corrected chi connectivity index (χ0v) is 24.0. The van der Waals surface area contributed by atoms with Gasteiger partial charge in [0.1, 0.15) is 11.5 Å². The van der Waals surface area contributed by atoms with E-state index in [-0.39, 0.29) is 17.7 Å². The third-order valence-electron chi connectivity index (χ3n) is 7.36. The summed E-state index contributed by atoms with van der Waals surface area (Å²) in [5.41, 5.74) is 4.36. The van der Waals surface area contributed by atoms with Gasteiger partial charge in [-0.2, -0.15) is 0 Å². The van der Waals surface area contributed by atoms with Crippen molar-refractivity contribution in [2.45, 2.75) is 39.3 Å². The van der Waals surface area contributed by atoms with Crippen molar-refractivity contribution in [3.8, 4) is 22.4 Å². The Bertz CT molecular complexity index is 1550. The number of pyridine rings is 2.